The van der Waals surface area contributed by atoms with Crippen LogP contribution in [0.4, 0.5) is 10.5 Å². The van der Waals surface area contributed by atoms with Crippen LogP contribution in [0.25, 0.3) is 0 Å². The predicted molar refractivity (Wildman–Crippen MR) is 110 cm³/mol. The quantitative estimate of drug-likeness (QED) is 0.545. The number of nitrogens with zero attached hydrogens (tertiary/aromatic N) is 2. The van der Waals surface area contributed by atoms with Crippen molar-refractivity contribution in [2.45, 2.75) is 13.5 Å². The van der Waals surface area contributed by atoms with Crippen molar-refractivity contribution in [3.63, 3.8) is 0 Å². The molecule has 0 saturated carbocycles. The molecule has 4 N–H and O–H groups in total. The van der Waals surface area contributed by atoms with Gasteiger partial charge in [-0.3, -0.25) is 9.48 Å². The van der Waals surface area contributed by atoms with Gasteiger partial charge in [-0.2, -0.15) is 5.10 Å². The van der Waals surface area contributed by atoms with Crippen molar-refractivity contribution in [3.05, 3.63) is 72.6 Å². The van der Waals surface area contributed by atoms with Crippen molar-refractivity contribution in [2.75, 3.05) is 11.9 Å². The SMILES string of the molecule is C[C@@H](CNC(=O)Nc1ccc(Oc2ccccc2C(N)=O)cc1)Cn1cccn1. The normalized spacial score (nSPS) is 11.5. The number of primary amides is 1. The first kappa shape index (κ1) is 19.9. The average Bonchev–Trinajstić information content (AvgIpc) is 3.21. The molecule has 3 amide bonds. The molecule has 150 valence electrons. The highest BCUT2D eigenvalue weighted by atomic mass is 16.5. The van der Waals surface area contributed by atoms with Crippen molar-refractivity contribution in [3.8, 4) is 11.5 Å². The van der Waals surface area contributed by atoms with Crippen LogP contribution in [0.15, 0.2) is 67.0 Å². The highest BCUT2D eigenvalue weighted by molar-refractivity contribution is 5.95. The number of aromatic nitrogens is 2. The molecule has 3 aromatic rings. The lowest BCUT2D eigenvalue weighted by atomic mass is 10.2. The molecule has 2 aromatic carbocycles. The zero-order chi connectivity index (χ0) is 20.6. The lowest BCUT2D eigenvalue weighted by molar-refractivity contribution is 0.0998. The molecule has 0 aliphatic rings. The second-order valence-corrected chi connectivity index (χ2v) is 6.66. The van der Waals surface area contributed by atoms with E-state index in [0.717, 1.165) is 6.54 Å². The van der Waals surface area contributed by atoms with Crippen molar-refractivity contribution >= 4 is 17.6 Å². The zero-order valence-electron chi connectivity index (χ0n) is 16.0. The summed E-state index contributed by atoms with van der Waals surface area (Å²) in [5.41, 5.74) is 6.28. The number of carbonyl (C=O) groups is 2. The number of rotatable bonds is 8. The fourth-order valence-corrected chi connectivity index (χ4v) is 2.73. The van der Waals surface area contributed by atoms with Gasteiger partial charge in [0.05, 0.1) is 5.56 Å². The van der Waals surface area contributed by atoms with E-state index in [9.17, 15) is 9.59 Å². The van der Waals surface area contributed by atoms with Crippen LogP contribution in [0.2, 0.25) is 0 Å². The second kappa shape index (κ2) is 9.41. The van der Waals surface area contributed by atoms with E-state index in [4.69, 9.17) is 10.5 Å². The second-order valence-electron chi connectivity index (χ2n) is 6.66. The number of para-hydroxylation sites is 1. The molecule has 0 aliphatic heterocycles. The van der Waals surface area contributed by atoms with E-state index < -0.39 is 5.91 Å². The van der Waals surface area contributed by atoms with E-state index in [0.29, 0.717) is 29.3 Å². The maximum absolute atomic E-state index is 12.1. The van der Waals surface area contributed by atoms with E-state index >= 15 is 0 Å². The highest BCUT2D eigenvalue weighted by Crippen LogP contribution is 2.26. The van der Waals surface area contributed by atoms with Crippen LogP contribution in [0.1, 0.15) is 17.3 Å². The molecule has 0 spiro atoms. The lowest BCUT2D eigenvalue weighted by Gasteiger charge is -2.14. The third-order valence-electron chi connectivity index (χ3n) is 4.16. The summed E-state index contributed by atoms with van der Waals surface area (Å²) in [5.74, 6) is 0.584. The highest BCUT2D eigenvalue weighted by Gasteiger charge is 2.10. The van der Waals surface area contributed by atoms with Gasteiger partial charge in [0.2, 0.25) is 0 Å². The molecule has 8 heteroatoms. The molecule has 0 fully saturated rings. The number of ether oxygens (including phenoxy) is 1. The van der Waals surface area contributed by atoms with E-state index in [1.165, 1.54) is 0 Å². The molecule has 0 radical (unpaired) electrons. The monoisotopic (exact) mass is 393 g/mol. The van der Waals surface area contributed by atoms with Gasteiger partial charge in [0.15, 0.2) is 0 Å². The van der Waals surface area contributed by atoms with Crippen molar-refractivity contribution in [1.82, 2.24) is 15.1 Å². The molecule has 1 aromatic heterocycles. The Morgan fingerprint density at radius 1 is 1.14 bits per heavy atom. The van der Waals surface area contributed by atoms with Gasteiger partial charge in [-0.05, 0) is 48.4 Å². The van der Waals surface area contributed by atoms with Crippen molar-refractivity contribution < 1.29 is 14.3 Å². The van der Waals surface area contributed by atoms with Gasteiger partial charge in [0.1, 0.15) is 11.5 Å². The van der Waals surface area contributed by atoms with E-state index in [1.807, 2.05) is 23.9 Å². The number of amides is 3. The number of hydrogen-bond acceptors (Lipinski definition) is 4. The van der Waals surface area contributed by atoms with Crippen LogP contribution >= 0.6 is 0 Å². The molecule has 0 unspecified atom stereocenters. The summed E-state index contributed by atoms with van der Waals surface area (Å²) in [4.78, 5) is 23.6. The topological polar surface area (TPSA) is 111 Å². The Balaban J connectivity index is 1.50. The first-order valence-corrected chi connectivity index (χ1v) is 9.20. The Morgan fingerprint density at radius 2 is 1.90 bits per heavy atom. The number of benzene rings is 2. The van der Waals surface area contributed by atoms with E-state index in [2.05, 4.69) is 15.7 Å². The van der Waals surface area contributed by atoms with Gasteiger partial charge in [-0.1, -0.05) is 19.1 Å². The Kier molecular flexibility index (Phi) is 6.47. The molecule has 0 saturated heterocycles. The van der Waals surface area contributed by atoms with Gasteiger partial charge in [0, 0.05) is 31.2 Å². The van der Waals surface area contributed by atoms with Crippen LogP contribution in [0, 0.1) is 5.92 Å². The fourth-order valence-electron chi connectivity index (χ4n) is 2.73. The molecule has 0 aliphatic carbocycles. The fraction of sp³-hybridized carbons (Fsp3) is 0.190. The number of carbonyl (C=O) groups excluding carboxylic acids is 2. The maximum atomic E-state index is 12.1. The predicted octanol–water partition coefficient (Wildman–Crippen LogP) is 3.23. The molecule has 29 heavy (non-hydrogen) atoms. The molecule has 0 bridgehead atoms. The van der Waals surface area contributed by atoms with Crippen LogP contribution in [-0.2, 0) is 6.54 Å². The summed E-state index contributed by atoms with van der Waals surface area (Å²) >= 11 is 0. The van der Waals surface area contributed by atoms with E-state index in [-0.39, 0.29) is 11.9 Å². The molecule has 1 atom stereocenters. The Bertz CT molecular complexity index is 955. The third kappa shape index (κ3) is 5.83. The summed E-state index contributed by atoms with van der Waals surface area (Å²) in [5, 5.41) is 9.77. The Labute approximate surface area is 168 Å². The summed E-state index contributed by atoms with van der Waals surface area (Å²) in [6.45, 7) is 3.29. The van der Waals surface area contributed by atoms with Gasteiger partial charge >= 0.3 is 6.03 Å². The van der Waals surface area contributed by atoms with Crippen LogP contribution < -0.4 is 21.1 Å². The Hall–Kier alpha value is -3.81. The van der Waals surface area contributed by atoms with Gasteiger partial charge in [-0.25, -0.2) is 4.79 Å². The summed E-state index contributed by atoms with van der Waals surface area (Å²) in [6, 6.07) is 15.2. The summed E-state index contributed by atoms with van der Waals surface area (Å²) in [6.07, 6.45) is 3.62. The standard InChI is InChI=1S/C21H23N5O3/c1-15(14-26-12-4-11-24-26)13-23-21(28)25-16-7-9-17(10-8-16)29-19-6-3-2-5-18(19)20(22)27/h2-12,15H,13-14H2,1H3,(H2,22,27)(H2,23,25,28)/t15-/m0/s1. The van der Waals surface area contributed by atoms with Crippen LogP contribution in [-0.4, -0.2) is 28.3 Å². The van der Waals surface area contributed by atoms with Gasteiger partial charge in [0.25, 0.3) is 5.91 Å². The van der Waals surface area contributed by atoms with Crippen molar-refractivity contribution in [2.24, 2.45) is 11.7 Å². The molecule has 8 nitrogen and oxygen atoms in total. The molecule has 3 rings (SSSR count). The molecular formula is C21H23N5O3. The molecular weight excluding hydrogens is 370 g/mol. The minimum Gasteiger partial charge on any atom is -0.457 e. The largest absolute Gasteiger partial charge is 0.457 e. The first-order chi connectivity index (χ1) is 14.0. The molecule has 1 heterocycles. The van der Waals surface area contributed by atoms with Gasteiger partial charge < -0.3 is 21.1 Å². The van der Waals surface area contributed by atoms with Gasteiger partial charge in [-0.15, -0.1) is 0 Å². The summed E-state index contributed by atoms with van der Waals surface area (Å²) in [7, 11) is 0. The first-order valence-electron chi connectivity index (χ1n) is 9.20. The van der Waals surface area contributed by atoms with Crippen molar-refractivity contribution in [1.29, 1.82) is 0 Å². The minimum absolute atomic E-state index is 0.238. The number of nitrogens with two attached hydrogens (primary N) is 1. The van der Waals surface area contributed by atoms with Crippen LogP contribution in [0.3, 0.4) is 0 Å². The number of anilines is 1. The average molecular weight is 393 g/mol. The van der Waals surface area contributed by atoms with E-state index in [1.54, 1.807) is 54.7 Å². The number of nitrogens with one attached hydrogen (secondary N) is 2. The maximum Gasteiger partial charge on any atom is 0.319 e. The lowest BCUT2D eigenvalue weighted by Crippen LogP contribution is -2.33. The number of hydrogen-bond donors (Lipinski definition) is 3. The summed E-state index contributed by atoms with van der Waals surface area (Å²) < 4.78 is 7.55. The minimum atomic E-state index is -0.558. The Morgan fingerprint density at radius 3 is 2.59 bits per heavy atom. The smallest absolute Gasteiger partial charge is 0.319 e. The zero-order valence-corrected chi connectivity index (χ0v) is 16.0. The van der Waals surface area contributed by atoms with Crippen LogP contribution in [0.5, 0.6) is 11.5 Å². The number of urea groups is 1. The third-order valence-corrected chi connectivity index (χ3v) is 4.16.